The zero-order chi connectivity index (χ0) is 13.0. The molecule has 2 heterocycles. The molecule has 100 valence electrons. The van der Waals surface area contributed by atoms with Gasteiger partial charge in [0.15, 0.2) is 0 Å². The topological polar surface area (TPSA) is 98.6 Å². The molecule has 0 bridgehead atoms. The van der Waals surface area contributed by atoms with Crippen molar-refractivity contribution >= 4 is 5.91 Å². The minimum atomic E-state index is -0.526. The summed E-state index contributed by atoms with van der Waals surface area (Å²) in [7, 11) is 0. The van der Waals surface area contributed by atoms with Gasteiger partial charge in [0.2, 0.25) is 5.91 Å². The quantitative estimate of drug-likeness (QED) is 0.623. The van der Waals surface area contributed by atoms with Crippen LogP contribution < -0.4 is 10.9 Å². The van der Waals surface area contributed by atoms with Gasteiger partial charge in [-0.3, -0.25) is 9.59 Å². The highest BCUT2D eigenvalue weighted by molar-refractivity contribution is 5.76. The number of rotatable bonds is 3. The summed E-state index contributed by atoms with van der Waals surface area (Å²) in [6, 6.07) is 1.34. The van der Waals surface area contributed by atoms with Crippen molar-refractivity contribution in [3.05, 3.63) is 22.2 Å². The lowest BCUT2D eigenvalue weighted by atomic mass is 10.2. The molecule has 0 aliphatic carbocycles. The van der Waals surface area contributed by atoms with Crippen LogP contribution in [0.1, 0.15) is 12.2 Å². The second-order valence-corrected chi connectivity index (χ2v) is 4.38. The molecule has 1 aromatic heterocycles. The zero-order valence-corrected chi connectivity index (χ0v) is 10.0. The minimum Gasteiger partial charge on any atom is -0.390 e. The Balaban J connectivity index is 1.85. The Morgan fingerprint density at radius 2 is 2.44 bits per heavy atom. The molecular weight excluding hydrogens is 238 g/mol. The van der Waals surface area contributed by atoms with E-state index < -0.39 is 6.10 Å². The van der Waals surface area contributed by atoms with Crippen LogP contribution in [0.25, 0.3) is 0 Å². The minimum absolute atomic E-state index is 0.0402. The summed E-state index contributed by atoms with van der Waals surface area (Å²) < 4.78 is 4.88. The smallest absolute Gasteiger partial charge is 0.280 e. The standard InChI is InChI=1S/C11H17N3O4/c15-8-6-12-3-4-14(7-8)11(17)2-1-9-5-10(16)13-18-9/h5,8,12,15H,1-4,6-7H2,(H,13,16)/t8-/m1/s1. The fourth-order valence-electron chi connectivity index (χ4n) is 1.95. The molecule has 1 aliphatic rings. The number of hydrogen-bond donors (Lipinski definition) is 3. The summed E-state index contributed by atoms with van der Waals surface area (Å²) >= 11 is 0. The Kier molecular flexibility index (Phi) is 4.16. The van der Waals surface area contributed by atoms with Crippen LogP contribution in [0.2, 0.25) is 0 Å². The fraction of sp³-hybridized carbons (Fsp3) is 0.636. The SMILES string of the molecule is O=C(CCc1cc(=O)[nH]o1)N1CCNC[C@@H](O)C1. The summed E-state index contributed by atoms with van der Waals surface area (Å²) in [5.74, 6) is 0.434. The second kappa shape index (κ2) is 5.83. The lowest BCUT2D eigenvalue weighted by Gasteiger charge is -2.21. The first-order valence-electron chi connectivity index (χ1n) is 5.99. The van der Waals surface area contributed by atoms with Crippen LogP contribution in [0.3, 0.4) is 0 Å². The van der Waals surface area contributed by atoms with E-state index in [0.29, 0.717) is 38.4 Å². The number of aliphatic hydroxyl groups is 1. The van der Waals surface area contributed by atoms with Crippen LogP contribution in [-0.2, 0) is 11.2 Å². The monoisotopic (exact) mass is 255 g/mol. The van der Waals surface area contributed by atoms with E-state index in [-0.39, 0.29) is 17.9 Å². The molecule has 0 unspecified atom stereocenters. The highest BCUT2D eigenvalue weighted by Crippen LogP contribution is 2.04. The highest BCUT2D eigenvalue weighted by Gasteiger charge is 2.20. The predicted octanol–water partition coefficient (Wildman–Crippen LogP) is -1.31. The lowest BCUT2D eigenvalue weighted by molar-refractivity contribution is -0.132. The molecule has 0 aromatic carbocycles. The molecule has 1 saturated heterocycles. The zero-order valence-electron chi connectivity index (χ0n) is 10.0. The van der Waals surface area contributed by atoms with Crippen molar-refractivity contribution in [3.8, 4) is 0 Å². The van der Waals surface area contributed by atoms with Crippen molar-refractivity contribution in [1.82, 2.24) is 15.4 Å². The number of nitrogens with one attached hydrogen (secondary N) is 2. The molecule has 0 spiro atoms. The number of aromatic nitrogens is 1. The molecule has 1 aromatic rings. The van der Waals surface area contributed by atoms with Gasteiger partial charge in [0.25, 0.3) is 5.56 Å². The molecule has 18 heavy (non-hydrogen) atoms. The molecule has 7 nitrogen and oxygen atoms in total. The number of carbonyl (C=O) groups excluding carboxylic acids is 1. The summed E-state index contributed by atoms with van der Waals surface area (Å²) in [4.78, 5) is 24.4. The van der Waals surface area contributed by atoms with E-state index in [0.717, 1.165) is 0 Å². The average Bonchev–Trinajstić information content (AvgIpc) is 2.63. The average molecular weight is 255 g/mol. The van der Waals surface area contributed by atoms with E-state index in [1.165, 1.54) is 6.07 Å². The number of amides is 1. The Bertz CT molecular complexity index is 453. The molecule has 3 N–H and O–H groups in total. The van der Waals surface area contributed by atoms with Crippen molar-refractivity contribution in [2.75, 3.05) is 26.2 Å². The van der Waals surface area contributed by atoms with Crippen molar-refractivity contribution < 1.29 is 14.4 Å². The van der Waals surface area contributed by atoms with Crippen LogP contribution in [0.15, 0.2) is 15.4 Å². The van der Waals surface area contributed by atoms with Crippen LogP contribution >= 0.6 is 0 Å². The highest BCUT2D eigenvalue weighted by atomic mass is 16.5. The van der Waals surface area contributed by atoms with Crippen LogP contribution in [-0.4, -0.2) is 53.4 Å². The van der Waals surface area contributed by atoms with E-state index in [9.17, 15) is 14.7 Å². The number of aryl methyl sites for hydroxylation is 1. The number of nitrogens with zero attached hydrogens (tertiary/aromatic N) is 1. The van der Waals surface area contributed by atoms with Crippen LogP contribution in [0, 0.1) is 0 Å². The number of β-amino-alcohol motifs (C(OH)–C–C–N with tert-alkyl or cyclic N) is 1. The number of carbonyl (C=O) groups is 1. The van der Waals surface area contributed by atoms with Crippen molar-refractivity contribution in [3.63, 3.8) is 0 Å². The van der Waals surface area contributed by atoms with Gasteiger partial charge in [-0.15, -0.1) is 0 Å². The number of aliphatic hydroxyl groups excluding tert-OH is 1. The third-order valence-electron chi connectivity index (χ3n) is 2.88. The molecule has 0 saturated carbocycles. The van der Waals surface area contributed by atoms with E-state index in [1.807, 2.05) is 0 Å². The molecule has 7 heteroatoms. The first kappa shape index (κ1) is 12.8. The van der Waals surface area contributed by atoms with Crippen LogP contribution in [0.5, 0.6) is 0 Å². The van der Waals surface area contributed by atoms with Gasteiger partial charge in [-0.05, 0) is 0 Å². The lowest BCUT2D eigenvalue weighted by Crippen LogP contribution is -2.37. The van der Waals surface area contributed by atoms with Crippen LogP contribution in [0.4, 0.5) is 0 Å². The van der Waals surface area contributed by atoms with Gasteiger partial charge in [0.1, 0.15) is 5.76 Å². The fourth-order valence-corrected chi connectivity index (χ4v) is 1.95. The number of hydrogen-bond acceptors (Lipinski definition) is 5. The molecule has 1 amide bonds. The number of H-pyrrole nitrogens is 1. The third kappa shape index (κ3) is 3.44. The molecule has 2 rings (SSSR count). The van der Waals surface area contributed by atoms with Gasteiger partial charge >= 0.3 is 0 Å². The Hall–Kier alpha value is -1.60. The third-order valence-corrected chi connectivity index (χ3v) is 2.88. The van der Waals surface area contributed by atoms with Crippen molar-refractivity contribution in [2.45, 2.75) is 18.9 Å². The molecular formula is C11H17N3O4. The molecule has 1 aliphatic heterocycles. The second-order valence-electron chi connectivity index (χ2n) is 4.38. The predicted molar refractivity (Wildman–Crippen MR) is 63.1 cm³/mol. The van der Waals surface area contributed by atoms with Gasteiger partial charge in [-0.1, -0.05) is 0 Å². The number of aromatic amines is 1. The molecule has 1 atom stereocenters. The molecule has 1 fully saturated rings. The van der Waals surface area contributed by atoms with Gasteiger partial charge in [-0.25, -0.2) is 0 Å². The summed E-state index contributed by atoms with van der Waals surface area (Å²) in [6.07, 6.45) is 0.132. The van der Waals surface area contributed by atoms with E-state index in [4.69, 9.17) is 4.52 Å². The maximum absolute atomic E-state index is 11.9. The molecule has 0 radical (unpaired) electrons. The van der Waals surface area contributed by atoms with E-state index in [2.05, 4.69) is 10.5 Å². The Morgan fingerprint density at radius 3 is 3.17 bits per heavy atom. The summed E-state index contributed by atoms with van der Waals surface area (Å²) in [5, 5.41) is 14.8. The maximum Gasteiger partial charge on any atom is 0.280 e. The maximum atomic E-state index is 11.9. The first-order valence-corrected chi connectivity index (χ1v) is 5.99. The van der Waals surface area contributed by atoms with E-state index >= 15 is 0 Å². The van der Waals surface area contributed by atoms with Gasteiger partial charge in [0.05, 0.1) is 6.10 Å². The van der Waals surface area contributed by atoms with Gasteiger partial charge < -0.3 is 19.8 Å². The largest absolute Gasteiger partial charge is 0.390 e. The van der Waals surface area contributed by atoms with Crippen molar-refractivity contribution in [1.29, 1.82) is 0 Å². The van der Waals surface area contributed by atoms with Gasteiger partial charge in [0, 0.05) is 45.1 Å². The Morgan fingerprint density at radius 1 is 1.61 bits per heavy atom. The van der Waals surface area contributed by atoms with Crippen molar-refractivity contribution in [2.24, 2.45) is 0 Å². The summed E-state index contributed by atoms with van der Waals surface area (Å²) in [6.45, 7) is 2.13. The normalized spacial score (nSPS) is 20.7. The van der Waals surface area contributed by atoms with Gasteiger partial charge in [-0.2, -0.15) is 5.16 Å². The summed E-state index contributed by atoms with van der Waals surface area (Å²) in [5.41, 5.74) is -0.299. The van der Waals surface area contributed by atoms with E-state index in [1.54, 1.807) is 4.90 Å². The Labute approximate surface area is 104 Å². The first-order chi connectivity index (χ1) is 8.65.